The Bertz CT molecular complexity index is 947. The highest BCUT2D eigenvalue weighted by Crippen LogP contribution is 2.55. The summed E-state index contributed by atoms with van der Waals surface area (Å²) < 4.78 is 85.4. The van der Waals surface area contributed by atoms with Crippen molar-refractivity contribution in [3.8, 4) is 5.75 Å². The second kappa shape index (κ2) is 8.45. The lowest BCUT2D eigenvalue weighted by Gasteiger charge is -2.32. The number of esters is 1. The number of methoxy groups -OCH3 is 1. The van der Waals surface area contributed by atoms with Crippen molar-refractivity contribution in [1.29, 1.82) is 0 Å². The van der Waals surface area contributed by atoms with Gasteiger partial charge in [-0.25, -0.2) is 9.18 Å². The van der Waals surface area contributed by atoms with E-state index in [2.05, 4.69) is 4.74 Å². The predicted molar refractivity (Wildman–Crippen MR) is 100 cm³/mol. The number of alkyl halides is 3. The number of hydrogen-bond acceptors (Lipinski definition) is 4. The monoisotopic (exact) mass is 444 g/mol. The summed E-state index contributed by atoms with van der Waals surface area (Å²) in [7, 11) is 1.01. The summed E-state index contributed by atoms with van der Waals surface area (Å²) in [6.07, 6.45) is -6.51. The van der Waals surface area contributed by atoms with Crippen LogP contribution < -0.4 is 4.74 Å². The number of rotatable bonds is 5. The first-order valence-electron chi connectivity index (χ1n) is 9.48. The molecule has 1 fully saturated rings. The van der Waals surface area contributed by atoms with Gasteiger partial charge in [0, 0.05) is 17.4 Å². The van der Waals surface area contributed by atoms with Crippen molar-refractivity contribution in [3.63, 3.8) is 0 Å². The average Bonchev–Trinajstić information content (AvgIpc) is 3.01. The van der Waals surface area contributed by atoms with Gasteiger partial charge in [0.15, 0.2) is 23.3 Å². The SMILES string of the molecule is COC(=O)[C@H]1O[C@@](C)(C(F)(F)F)[C@@H](C)[C@H]1c1ccc(F)c(F)c1OCc1ccccc1. The molecule has 31 heavy (non-hydrogen) atoms. The molecule has 0 radical (unpaired) electrons. The summed E-state index contributed by atoms with van der Waals surface area (Å²) in [5, 5.41) is 0. The molecule has 1 saturated heterocycles. The molecule has 2 aromatic rings. The van der Waals surface area contributed by atoms with Crippen molar-refractivity contribution < 1.29 is 41.0 Å². The van der Waals surface area contributed by atoms with Crippen molar-refractivity contribution in [2.75, 3.05) is 7.11 Å². The number of ether oxygens (including phenoxy) is 3. The lowest BCUT2D eigenvalue weighted by Crippen LogP contribution is -2.47. The van der Waals surface area contributed by atoms with Gasteiger partial charge < -0.3 is 14.2 Å². The topological polar surface area (TPSA) is 44.8 Å². The summed E-state index contributed by atoms with van der Waals surface area (Å²) in [5.41, 5.74) is -2.18. The lowest BCUT2D eigenvalue weighted by atomic mass is 9.77. The number of benzene rings is 2. The van der Waals surface area contributed by atoms with Gasteiger partial charge in [-0.1, -0.05) is 43.3 Å². The Balaban J connectivity index is 2.08. The molecule has 0 bridgehead atoms. The summed E-state index contributed by atoms with van der Waals surface area (Å²) in [6.45, 7) is 1.90. The first kappa shape index (κ1) is 23.0. The third-order valence-corrected chi connectivity index (χ3v) is 5.77. The molecule has 0 aromatic heterocycles. The van der Waals surface area contributed by atoms with Crippen LogP contribution in [0.15, 0.2) is 42.5 Å². The Morgan fingerprint density at radius 2 is 1.77 bits per heavy atom. The molecule has 0 spiro atoms. The minimum atomic E-state index is -4.82. The van der Waals surface area contributed by atoms with Gasteiger partial charge in [0.25, 0.3) is 0 Å². The Hall–Kier alpha value is -2.68. The van der Waals surface area contributed by atoms with Crippen LogP contribution in [-0.4, -0.2) is 31.0 Å². The Labute approximate surface area is 175 Å². The molecule has 9 heteroatoms. The summed E-state index contributed by atoms with van der Waals surface area (Å²) >= 11 is 0. The summed E-state index contributed by atoms with van der Waals surface area (Å²) in [4.78, 5) is 12.3. The van der Waals surface area contributed by atoms with Crippen LogP contribution in [0.3, 0.4) is 0 Å². The summed E-state index contributed by atoms with van der Waals surface area (Å²) in [6, 6.07) is 10.5. The van der Waals surface area contributed by atoms with E-state index in [0.717, 1.165) is 26.2 Å². The molecule has 0 saturated carbocycles. The molecule has 4 atom stereocenters. The van der Waals surface area contributed by atoms with E-state index in [9.17, 15) is 26.7 Å². The quantitative estimate of drug-likeness (QED) is 0.472. The highest BCUT2D eigenvalue weighted by Gasteiger charge is 2.66. The highest BCUT2D eigenvalue weighted by molar-refractivity contribution is 5.77. The molecule has 4 nitrogen and oxygen atoms in total. The van der Waals surface area contributed by atoms with Crippen LogP contribution in [0.4, 0.5) is 22.0 Å². The number of carbonyl (C=O) groups excluding carboxylic acids is 1. The second-order valence-corrected chi connectivity index (χ2v) is 7.53. The second-order valence-electron chi connectivity index (χ2n) is 7.53. The first-order valence-corrected chi connectivity index (χ1v) is 9.48. The third kappa shape index (κ3) is 4.11. The van der Waals surface area contributed by atoms with Crippen LogP contribution in [-0.2, 0) is 20.9 Å². The molecule has 168 valence electrons. The molecule has 0 aliphatic carbocycles. The molecule has 0 amide bonds. The molecule has 2 aromatic carbocycles. The van der Waals surface area contributed by atoms with Crippen LogP contribution in [0.1, 0.15) is 30.9 Å². The lowest BCUT2D eigenvalue weighted by molar-refractivity contribution is -0.274. The largest absolute Gasteiger partial charge is 0.485 e. The number of carbonyl (C=O) groups is 1. The fraction of sp³-hybridized carbons (Fsp3) is 0.409. The molecule has 1 aliphatic heterocycles. The smallest absolute Gasteiger partial charge is 0.417 e. The first-order chi connectivity index (χ1) is 14.5. The Kier molecular flexibility index (Phi) is 6.27. The minimum absolute atomic E-state index is 0.106. The van der Waals surface area contributed by atoms with E-state index in [0.29, 0.717) is 5.56 Å². The van der Waals surface area contributed by atoms with Gasteiger partial charge in [0.1, 0.15) is 6.61 Å². The fourth-order valence-electron chi connectivity index (χ4n) is 3.80. The van der Waals surface area contributed by atoms with Gasteiger partial charge in [0.05, 0.1) is 7.11 Å². The maximum atomic E-state index is 14.7. The zero-order valence-corrected chi connectivity index (χ0v) is 17.0. The van der Waals surface area contributed by atoms with Crippen LogP contribution in [0.25, 0.3) is 0 Å². The zero-order chi connectivity index (χ0) is 23.0. The Morgan fingerprint density at radius 1 is 1.13 bits per heavy atom. The van der Waals surface area contributed by atoms with Crippen LogP contribution in [0.5, 0.6) is 5.75 Å². The predicted octanol–water partition coefficient (Wildman–Crippen LogP) is 5.16. The molecule has 3 rings (SSSR count). The van der Waals surface area contributed by atoms with Gasteiger partial charge in [-0.2, -0.15) is 17.6 Å². The van der Waals surface area contributed by atoms with Crippen molar-refractivity contribution in [1.82, 2.24) is 0 Å². The van der Waals surface area contributed by atoms with Crippen molar-refractivity contribution in [2.45, 2.75) is 44.3 Å². The Morgan fingerprint density at radius 3 is 2.35 bits per heavy atom. The number of hydrogen-bond donors (Lipinski definition) is 0. The van der Waals surface area contributed by atoms with Crippen LogP contribution in [0.2, 0.25) is 0 Å². The molecule has 1 aliphatic rings. The van der Waals surface area contributed by atoms with E-state index in [1.165, 1.54) is 6.92 Å². The van der Waals surface area contributed by atoms with Crippen molar-refractivity contribution in [3.05, 3.63) is 65.2 Å². The number of halogens is 5. The van der Waals surface area contributed by atoms with Crippen molar-refractivity contribution in [2.24, 2.45) is 5.92 Å². The standard InChI is InChI=1S/C22H21F5O4/c1-12-16(19(20(28)29-3)31-21(12,2)22(25,26)27)14-9-10-15(23)17(24)18(14)30-11-13-7-5-4-6-8-13/h4-10,12,16,19H,11H2,1-3H3/t12-,16-,19-,21+/m0/s1. The van der Waals surface area contributed by atoms with Gasteiger partial charge in [-0.05, 0) is 18.6 Å². The molecular formula is C22H21F5O4. The van der Waals surface area contributed by atoms with Gasteiger partial charge in [-0.3, -0.25) is 0 Å². The van der Waals surface area contributed by atoms with E-state index in [-0.39, 0.29) is 12.2 Å². The maximum absolute atomic E-state index is 14.7. The van der Waals surface area contributed by atoms with E-state index in [1.807, 2.05) is 0 Å². The van der Waals surface area contributed by atoms with Gasteiger partial charge in [-0.15, -0.1) is 0 Å². The van der Waals surface area contributed by atoms with Crippen LogP contribution >= 0.6 is 0 Å². The molecule has 1 heterocycles. The molecule has 0 unspecified atom stereocenters. The summed E-state index contributed by atoms with van der Waals surface area (Å²) in [5.74, 6) is -6.83. The normalized spacial score (nSPS) is 26.0. The minimum Gasteiger partial charge on any atom is -0.485 e. The average molecular weight is 444 g/mol. The van der Waals surface area contributed by atoms with Crippen molar-refractivity contribution >= 4 is 5.97 Å². The van der Waals surface area contributed by atoms with E-state index in [1.54, 1.807) is 30.3 Å². The zero-order valence-electron chi connectivity index (χ0n) is 17.0. The van der Waals surface area contributed by atoms with Crippen LogP contribution in [0, 0.1) is 17.6 Å². The molecular weight excluding hydrogens is 423 g/mol. The van der Waals surface area contributed by atoms with E-state index < -0.39 is 53.1 Å². The third-order valence-electron chi connectivity index (χ3n) is 5.77. The van der Waals surface area contributed by atoms with Gasteiger partial charge >= 0.3 is 12.1 Å². The maximum Gasteiger partial charge on any atom is 0.417 e. The fourth-order valence-corrected chi connectivity index (χ4v) is 3.80. The van der Waals surface area contributed by atoms with Gasteiger partial charge in [0.2, 0.25) is 5.82 Å². The van der Waals surface area contributed by atoms with E-state index >= 15 is 0 Å². The van der Waals surface area contributed by atoms with E-state index in [4.69, 9.17) is 9.47 Å². The highest BCUT2D eigenvalue weighted by atomic mass is 19.4. The molecule has 0 N–H and O–H groups in total.